The Morgan fingerprint density at radius 2 is 1.14 bits per heavy atom. The molecule has 270 valence electrons. The molecular weight excluding hydrogens is 679 g/mol. The predicted octanol–water partition coefficient (Wildman–Crippen LogP) is 10.9. The first-order valence-electron chi connectivity index (χ1n) is 19.9. The highest BCUT2D eigenvalue weighted by Crippen LogP contribution is 2.45. The summed E-state index contributed by atoms with van der Waals surface area (Å²) in [6.45, 7) is 15.9. The van der Waals surface area contributed by atoms with Gasteiger partial charge in [0.15, 0.2) is 0 Å². The molecule has 4 heterocycles. The van der Waals surface area contributed by atoms with Crippen molar-refractivity contribution in [2.45, 2.75) is 53.9 Å². The van der Waals surface area contributed by atoms with Gasteiger partial charge in [0.05, 0.1) is 27.8 Å². The summed E-state index contributed by atoms with van der Waals surface area (Å²) in [7, 11) is 0. The number of nitrogens with zero attached hydrogens (tertiary/aromatic N) is 4. The van der Waals surface area contributed by atoms with Crippen molar-refractivity contribution in [2.24, 2.45) is 0 Å². The summed E-state index contributed by atoms with van der Waals surface area (Å²) in [5.41, 5.74) is 22.1. The third-order valence-electron chi connectivity index (χ3n) is 12.6. The molecule has 2 aliphatic rings. The van der Waals surface area contributed by atoms with Gasteiger partial charge in [-0.05, 0) is 120 Å². The first-order valence-corrected chi connectivity index (χ1v) is 19.9. The SMILES string of the molecule is Cc1cccc(C)c1-c1nc2cc(C(C)(C)C)cc3c2n1-c1cccc2c1B3c1ccc(-n3c4ccccc4c4ccccc43)cc1N2c1c(C)cccc1C. The van der Waals surface area contributed by atoms with Crippen molar-refractivity contribution >= 4 is 73.0 Å². The lowest BCUT2D eigenvalue weighted by molar-refractivity contribution is 0.591. The number of anilines is 3. The molecule has 56 heavy (non-hydrogen) atoms. The van der Waals surface area contributed by atoms with E-state index < -0.39 is 0 Å². The summed E-state index contributed by atoms with van der Waals surface area (Å²) < 4.78 is 4.94. The van der Waals surface area contributed by atoms with Crippen LogP contribution in [-0.4, -0.2) is 20.8 Å². The summed E-state index contributed by atoms with van der Waals surface area (Å²) in [6.07, 6.45) is 0. The molecule has 0 saturated carbocycles. The lowest BCUT2D eigenvalue weighted by Gasteiger charge is -2.41. The first kappa shape index (κ1) is 33.0. The minimum atomic E-state index is -0.0603. The van der Waals surface area contributed by atoms with Gasteiger partial charge >= 0.3 is 0 Å². The topological polar surface area (TPSA) is 26.0 Å². The monoisotopic (exact) mass is 722 g/mol. The summed E-state index contributed by atoms with van der Waals surface area (Å²) in [5, 5.41) is 2.54. The zero-order valence-corrected chi connectivity index (χ0v) is 33.1. The van der Waals surface area contributed by atoms with Gasteiger partial charge in [0.2, 0.25) is 0 Å². The Labute approximate surface area is 328 Å². The van der Waals surface area contributed by atoms with Crippen molar-refractivity contribution < 1.29 is 0 Å². The molecule has 2 aliphatic heterocycles. The minimum absolute atomic E-state index is 0.0174. The molecule has 0 aliphatic carbocycles. The maximum Gasteiger partial charge on any atom is 0.252 e. The molecule has 7 aromatic carbocycles. The Kier molecular flexibility index (Phi) is 6.84. The average Bonchev–Trinajstić information content (AvgIpc) is 3.73. The molecule has 0 radical (unpaired) electrons. The fraction of sp³-hybridized carbons (Fsp3) is 0.157. The normalized spacial score (nSPS) is 13.2. The van der Waals surface area contributed by atoms with Crippen LogP contribution in [0.4, 0.5) is 17.1 Å². The lowest BCUT2D eigenvalue weighted by Crippen LogP contribution is -2.60. The van der Waals surface area contributed by atoms with Crippen LogP contribution in [0.25, 0.3) is 55.6 Å². The van der Waals surface area contributed by atoms with E-state index in [0.717, 1.165) is 17.0 Å². The number of hydrogen-bond donors (Lipinski definition) is 0. The Hall–Kier alpha value is -6.33. The number of rotatable bonds is 3. The highest BCUT2D eigenvalue weighted by Gasteiger charge is 2.43. The van der Waals surface area contributed by atoms with Crippen LogP contribution in [0.3, 0.4) is 0 Å². The number of aryl methyl sites for hydroxylation is 4. The second-order valence-corrected chi connectivity index (χ2v) is 17.1. The van der Waals surface area contributed by atoms with Gasteiger partial charge in [-0.1, -0.05) is 112 Å². The number of imidazole rings is 1. The number of para-hydroxylation sites is 3. The molecule has 0 amide bonds. The fourth-order valence-corrected chi connectivity index (χ4v) is 10.0. The van der Waals surface area contributed by atoms with Crippen LogP contribution >= 0.6 is 0 Å². The molecular formula is C51H43BN4. The van der Waals surface area contributed by atoms with Gasteiger partial charge in [0.1, 0.15) is 5.82 Å². The molecule has 5 heteroatoms. The second kappa shape index (κ2) is 11.6. The Morgan fingerprint density at radius 1 is 0.536 bits per heavy atom. The van der Waals surface area contributed by atoms with Crippen LogP contribution in [0.5, 0.6) is 0 Å². The highest BCUT2D eigenvalue weighted by molar-refractivity contribution is 7.00. The van der Waals surface area contributed by atoms with Crippen molar-refractivity contribution in [1.82, 2.24) is 14.1 Å². The third-order valence-corrected chi connectivity index (χ3v) is 12.6. The van der Waals surface area contributed by atoms with E-state index in [0.29, 0.717) is 0 Å². The van der Waals surface area contributed by atoms with E-state index in [4.69, 9.17) is 4.98 Å². The molecule has 0 bridgehead atoms. The van der Waals surface area contributed by atoms with Crippen molar-refractivity contribution in [1.29, 1.82) is 0 Å². The molecule has 2 aromatic heterocycles. The van der Waals surface area contributed by atoms with E-state index in [9.17, 15) is 0 Å². The maximum absolute atomic E-state index is 5.58. The van der Waals surface area contributed by atoms with Gasteiger partial charge in [-0.15, -0.1) is 0 Å². The van der Waals surface area contributed by atoms with E-state index in [1.807, 2.05) is 0 Å². The Morgan fingerprint density at radius 3 is 1.80 bits per heavy atom. The van der Waals surface area contributed by atoms with Crippen LogP contribution in [0.15, 0.2) is 133 Å². The molecule has 0 unspecified atom stereocenters. The number of hydrogen-bond acceptors (Lipinski definition) is 2. The van der Waals surface area contributed by atoms with Gasteiger partial charge in [-0.2, -0.15) is 0 Å². The maximum atomic E-state index is 5.58. The number of benzene rings is 7. The van der Waals surface area contributed by atoms with Gasteiger partial charge in [-0.3, -0.25) is 4.57 Å². The fourth-order valence-electron chi connectivity index (χ4n) is 10.0. The summed E-state index contributed by atoms with van der Waals surface area (Å²) in [6, 6.07) is 49.9. The van der Waals surface area contributed by atoms with Crippen LogP contribution in [0, 0.1) is 27.7 Å². The summed E-state index contributed by atoms with van der Waals surface area (Å²) in [4.78, 5) is 8.15. The molecule has 0 N–H and O–H groups in total. The first-order chi connectivity index (χ1) is 27.1. The van der Waals surface area contributed by atoms with Gasteiger partial charge in [-0.25, -0.2) is 4.98 Å². The smallest absolute Gasteiger partial charge is 0.252 e. The van der Waals surface area contributed by atoms with Crippen LogP contribution in [0.1, 0.15) is 48.6 Å². The van der Waals surface area contributed by atoms with Gasteiger partial charge in [0.25, 0.3) is 6.71 Å². The van der Waals surface area contributed by atoms with Crippen LogP contribution in [-0.2, 0) is 5.41 Å². The lowest BCUT2D eigenvalue weighted by atomic mass is 9.33. The zero-order chi connectivity index (χ0) is 38.2. The van der Waals surface area contributed by atoms with Crippen LogP contribution < -0.4 is 21.3 Å². The largest absolute Gasteiger partial charge is 0.311 e. The molecule has 11 rings (SSSR count). The highest BCUT2D eigenvalue weighted by atomic mass is 15.2. The quantitative estimate of drug-likeness (QED) is 0.170. The molecule has 0 saturated heterocycles. The standard InChI is InChI=1S/C51H43BN4/c1-30-15-12-16-31(2)46(30)50-53-40-28-34(51(5,6)7)27-39-49(40)56(50)44-24-14-23-43-47(44)52(39)38-26-25-35(29-45(38)55(43)48-32(3)17-13-18-33(48)4)54-41-21-10-8-19-36(41)37-20-9-11-22-42(37)54/h8-29H,1-7H3. The molecule has 9 aromatic rings. The summed E-state index contributed by atoms with van der Waals surface area (Å²) >= 11 is 0. The summed E-state index contributed by atoms with van der Waals surface area (Å²) in [5.74, 6) is 1.01. The van der Waals surface area contributed by atoms with E-state index in [-0.39, 0.29) is 12.1 Å². The zero-order valence-electron chi connectivity index (χ0n) is 33.1. The Bertz CT molecular complexity index is 3040. The second-order valence-electron chi connectivity index (χ2n) is 17.1. The van der Waals surface area contributed by atoms with Crippen molar-refractivity contribution in [3.8, 4) is 22.8 Å². The van der Waals surface area contributed by atoms with Crippen LogP contribution in [0.2, 0.25) is 0 Å². The molecule has 0 atom stereocenters. The van der Waals surface area contributed by atoms with E-state index >= 15 is 0 Å². The number of aromatic nitrogens is 3. The van der Waals surface area contributed by atoms with Crippen molar-refractivity contribution in [3.63, 3.8) is 0 Å². The van der Waals surface area contributed by atoms with Gasteiger partial charge in [0, 0.05) is 39.1 Å². The van der Waals surface area contributed by atoms with Crippen molar-refractivity contribution in [2.75, 3.05) is 4.90 Å². The van der Waals surface area contributed by atoms with E-state index in [1.165, 1.54) is 99.8 Å². The molecule has 0 spiro atoms. The van der Waals surface area contributed by atoms with E-state index in [2.05, 4.69) is 196 Å². The molecule has 0 fully saturated rings. The predicted molar refractivity (Wildman–Crippen MR) is 238 cm³/mol. The van der Waals surface area contributed by atoms with Gasteiger partial charge < -0.3 is 9.47 Å². The third kappa shape index (κ3) is 4.46. The number of fused-ring (bicyclic) bond motifs is 7. The minimum Gasteiger partial charge on any atom is -0.311 e. The molecule has 4 nitrogen and oxygen atoms in total. The Balaban J connectivity index is 1.28. The van der Waals surface area contributed by atoms with E-state index in [1.54, 1.807) is 0 Å². The average molecular weight is 723 g/mol. The van der Waals surface area contributed by atoms with Crippen molar-refractivity contribution in [3.05, 3.63) is 161 Å².